The van der Waals surface area contributed by atoms with Gasteiger partial charge in [-0.3, -0.25) is 0 Å². The van der Waals surface area contributed by atoms with E-state index in [1.807, 2.05) is 0 Å². The SMILES string of the molecule is C/C=C(C)/C=C/CC(C)C. The lowest BCUT2D eigenvalue weighted by Crippen LogP contribution is -1.81. The molecule has 0 spiro atoms. The molecule has 0 amide bonds. The molecule has 58 valence electrons. The zero-order valence-corrected chi connectivity index (χ0v) is 7.52. The second kappa shape index (κ2) is 5.28. The number of hydrogen-bond donors (Lipinski definition) is 0. The van der Waals surface area contributed by atoms with E-state index in [0.717, 1.165) is 5.92 Å². The summed E-state index contributed by atoms with van der Waals surface area (Å²) in [5, 5.41) is 0. The summed E-state index contributed by atoms with van der Waals surface area (Å²) in [4.78, 5) is 0. The maximum Gasteiger partial charge on any atom is -0.0324 e. The molecule has 0 saturated carbocycles. The molecule has 0 aliphatic heterocycles. The highest BCUT2D eigenvalue weighted by Gasteiger charge is 1.86. The van der Waals surface area contributed by atoms with Gasteiger partial charge in [-0.1, -0.05) is 37.6 Å². The predicted molar refractivity (Wildman–Crippen MR) is 48.0 cm³/mol. The summed E-state index contributed by atoms with van der Waals surface area (Å²) in [5.41, 5.74) is 1.35. The van der Waals surface area contributed by atoms with Crippen LogP contribution in [0.5, 0.6) is 0 Å². The zero-order valence-electron chi connectivity index (χ0n) is 7.52. The third-order valence-electron chi connectivity index (χ3n) is 1.44. The smallest absolute Gasteiger partial charge is 0.0324 e. The Hall–Kier alpha value is -0.520. The van der Waals surface area contributed by atoms with Crippen molar-refractivity contribution in [2.24, 2.45) is 5.92 Å². The summed E-state index contributed by atoms with van der Waals surface area (Å²) in [6, 6.07) is 0. The van der Waals surface area contributed by atoms with Crippen molar-refractivity contribution in [3.05, 3.63) is 23.8 Å². The van der Waals surface area contributed by atoms with Crippen molar-refractivity contribution in [1.29, 1.82) is 0 Å². The second-order valence-corrected chi connectivity index (χ2v) is 3.06. The number of rotatable bonds is 3. The summed E-state index contributed by atoms with van der Waals surface area (Å²) in [7, 11) is 0. The van der Waals surface area contributed by atoms with E-state index < -0.39 is 0 Å². The molecule has 0 heteroatoms. The lowest BCUT2D eigenvalue weighted by Gasteiger charge is -1.96. The molecule has 0 aliphatic carbocycles. The van der Waals surface area contributed by atoms with Gasteiger partial charge in [0.1, 0.15) is 0 Å². The van der Waals surface area contributed by atoms with Crippen molar-refractivity contribution in [3.8, 4) is 0 Å². The van der Waals surface area contributed by atoms with Gasteiger partial charge in [0.05, 0.1) is 0 Å². The Bertz CT molecular complexity index is 127. The normalized spacial score (nSPS) is 13.5. The van der Waals surface area contributed by atoms with Crippen LogP contribution in [0.2, 0.25) is 0 Å². The van der Waals surface area contributed by atoms with Crippen molar-refractivity contribution in [2.45, 2.75) is 34.1 Å². The molecule has 0 N–H and O–H groups in total. The summed E-state index contributed by atoms with van der Waals surface area (Å²) >= 11 is 0. The van der Waals surface area contributed by atoms with Crippen molar-refractivity contribution < 1.29 is 0 Å². The van der Waals surface area contributed by atoms with E-state index in [9.17, 15) is 0 Å². The van der Waals surface area contributed by atoms with Crippen LogP contribution in [0.15, 0.2) is 23.8 Å². The molecule has 0 bridgehead atoms. The first-order chi connectivity index (χ1) is 4.66. The van der Waals surface area contributed by atoms with Gasteiger partial charge in [-0.2, -0.15) is 0 Å². The topological polar surface area (TPSA) is 0 Å². The lowest BCUT2D eigenvalue weighted by molar-refractivity contribution is 0.663. The Morgan fingerprint density at radius 3 is 2.40 bits per heavy atom. The van der Waals surface area contributed by atoms with Crippen molar-refractivity contribution in [3.63, 3.8) is 0 Å². The molecule has 0 atom stereocenters. The highest BCUT2D eigenvalue weighted by molar-refractivity contribution is 5.14. The van der Waals surface area contributed by atoms with Gasteiger partial charge >= 0.3 is 0 Å². The molecule has 10 heavy (non-hydrogen) atoms. The van der Waals surface area contributed by atoms with Gasteiger partial charge in [-0.15, -0.1) is 0 Å². The standard InChI is InChI=1S/C10H18/c1-5-10(4)8-6-7-9(2)3/h5-6,8-9H,7H2,1-4H3/b8-6+,10-5+. The maximum absolute atomic E-state index is 2.24. The third kappa shape index (κ3) is 5.61. The average molecular weight is 138 g/mol. The monoisotopic (exact) mass is 138 g/mol. The van der Waals surface area contributed by atoms with Crippen LogP contribution in [0.1, 0.15) is 34.1 Å². The second-order valence-electron chi connectivity index (χ2n) is 3.06. The molecular weight excluding hydrogens is 120 g/mol. The van der Waals surface area contributed by atoms with Crippen LogP contribution >= 0.6 is 0 Å². The highest BCUT2D eigenvalue weighted by atomic mass is 13.9. The van der Waals surface area contributed by atoms with Crippen LogP contribution in [-0.4, -0.2) is 0 Å². The Morgan fingerprint density at radius 2 is 2.00 bits per heavy atom. The molecule has 0 aromatic carbocycles. The fourth-order valence-electron chi connectivity index (χ4n) is 0.622. The zero-order chi connectivity index (χ0) is 7.98. The summed E-state index contributed by atoms with van der Waals surface area (Å²) in [5.74, 6) is 0.779. The van der Waals surface area contributed by atoms with Crippen molar-refractivity contribution >= 4 is 0 Å². The molecule has 0 aromatic rings. The van der Waals surface area contributed by atoms with Gasteiger partial charge in [-0.05, 0) is 26.2 Å². The Labute approximate surface area is 64.6 Å². The number of hydrogen-bond acceptors (Lipinski definition) is 0. The van der Waals surface area contributed by atoms with Gasteiger partial charge < -0.3 is 0 Å². The Kier molecular flexibility index (Phi) is 5.00. The minimum absolute atomic E-state index is 0.779. The molecule has 0 aliphatic rings. The first-order valence-corrected chi connectivity index (χ1v) is 3.96. The van der Waals surface area contributed by atoms with Gasteiger partial charge in [0.15, 0.2) is 0 Å². The predicted octanol–water partition coefficient (Wildman–Crippen LogP) is 3.55. The molecule has 0 fully saturated rings. The molecule has 0 radical (unpaired) electrons. The maximum atomic E-state index is 2.24. The van der Waals surface area contributed by atoms with Crippen molar-refractivity contribution in [1.82, 2.24) is 0 Å². The minimum Gasteiger partial charge on any atom is -0.0847 e. The van der Waals surface area contributed by atoms with Gasteiger partial charge in [-0.25, -0.2) is 0 Å². The van der Waals surface area contributed by atoms with E-state index in [2.05, 4.69) is 45.9 Å². The summed E-state index contributed by atoms with van der Waals surface area (Å²) < 4.78 is 0. The minimum atomic E-state index is 0.779. The van der Waals surface area contributed by atoms with E-state index in [4.69, 9.17) is 0 Å². The van der Waals surface area contributed by atoms with Crippen LogP contribution in [0.4, 0.5) is 0 Å². The summed E-state index contributed by atoms with van der Waals surface area (Å²) in [6.07, 6.45) is 7.72. The first-order valence-electron chi connectivity index (χ1n) is 3.96. The third-order valence-corrected chi connectivity index (χ3v) is 1.44. The Balaban J connectivity index is 3.56. The molecular formula is C10H18. The Morgan fingerprint density at radius 1 is 1.40 bits per heavy atom. The van der Waals surface area contributed by atoms with Crippen LogP contribution < -0.4 is 0 Å². The lowest BCUT2D eigenvalue weighted by atomic mass is 10.1. The molecule has 0 saturated heterocycles. The highest BCUT2D eigenvalue weighted by Crippen LogP contribution is 2.02. The van der Waals surface area contributed by atoms with Crippen molar-refractivity contribution in [2.75, 3.05) is 0 Å². The molecule has 0 aromatic heterocycles. The van der Waals surface area contributed by atoms with Gasteiger partial charge in [0.25, 0.3) is 0 Å². The van der Waals surface area contributed by atoms with Crippen LogP contribution in [-0.2, 0) is 0 Å². The largest absolute Gasteiger partial charge is 0.0847 e. The van der Waals surface area contributed by atoms with E-state index in [-0.39, 0.29) is 0 Å². The quantitative estimate of drug-likeness (QED) is 0.523. The molecule has 0 heterocycles. The van der Waals surface area contributed by atoms with E-state index in [0.29, 0.717) is 0 Å². The molecule has 0 nitrogen and oxygen atoms in total. The molecule has 0 unspecified atom stereocenters. The fraction of sp³-hybridized carbons (Fsp3) is 0.600. The molecule has 0 rings (SSSR count). The summed E-state index contributed by atoms with van der Waals surface area (Å²) in [6.45, 7) is 8.65. The van der Waals surface area contributed by atoms with Crippen LogP contribution in [0.3, 0.4) is 0 Å². The van der Waals surface area contributed by atoms with Gasteiger partial charge in [0, 0.05) is 0 Å². The van der Waals surface area contributed by atoms with Crippen LogP contribution in [0, 0.1) is 5.92 Å². The van der Waals surface area contributed by atoms with Gasteiger partial charge in [0.2, 0.25) is 0 Å². The van der Waals surface area contributed by atoms with E-state index in [1.165, 1.54) is 12.0 Å². The van der Waals surface area contributed by atoms with E-state index >= 15 is 0 Å². The number of allylic oxidation sites excluding steroid dienone is 4. The fourth-order valence-corrected chi connectivity index (χ4v) is 0.622. The first kappa shape index (κ1) is 9.48. The van der Waals surface area contributed by atoms with Crippen LogP contribution in [0.25, 0.3) is 0 Å². The average Bonchev–Trinajstić information content (AvgIpc) is 1.87. The van der Waals surface area contributed by atoms with E-state index in [1.54, 1.807) is 0 Å².